The molecule has 0 radical (unpaired) electrons. The van der Waals surface area contributed by atoms with Gasteiger partial charge < -0.3 is 5.21 Å². The number of hydrogen-bond acceptors (Lipinski definition) is 4. The van der Waals surface area contributed by atoms with Gasteiger partial charge in [-0.3, -0.25) is 4.98 Å². The first-order chi connectivity index (χ1) is 6.29. The van der Waals surface area contributed by atoms with Gasteiger partial charge in [0.15, 0.2) is 0 Å². The minimum atomic E-state index is 0.504. The third-order valence-corrected chi connectivity index (χ3v) is 2.41. The van der Waals surface area contributed by atoms with Crippen LogP contribution >= 0.6 is 23.4 Å². The molecule has 0 unspecified atom stereocenters. The number of rotatable bonds is 3. The van der Waals surface area contributed by atoms with Crippen LogP contribution < -0.4 is 0 Å². The molecule has 1 aromatic rings. The summed E-state index contributed by atoms with van der Waals surface area (Å²) in [5, 5.41) is 11.9. The highest BCUT2D eigenvalue weighted by molar-refractivity contribution is 7.97. The first-order valence-electron chi connectivity index (χ1n) is 3.58. The third-order valence-electron chi connectivity index (χ3n) is 1.51. The van der Waals surface area contributed by atoms with Crippen molar-refractivity contribution in [3.63, 3.8) is 0 Å². The maximum absolute atomic E-state index is 8.42. The van der Waals surface area contributed by atoms with E-state index in [1.54, 1.807) is 18.0 Å². The number of hydrogen-bond donors (Lipinski definition) is 1. The molecule has 0 aromatic carbocycles. The topological polar surface area (TPSA) is 45.5 Å². The molecule has 13 heavy (non-hydrogen) atoms. The molecule has 0 aliphatic rings. The second-order valence-corrected chi connectivity index (χ2v) is 3.64. The van der Waals surface area contributed by atoms with E-state index >= 15 is 0 Å². The van der Waals surface area contributed by atoms with Gasteiger partial charge in [0.05, 0.1) is 11.2 Å². The van der Waals surface area contributed by atoms with Crippen LogP contribution in [0.5, 0.6) is 0 Å². The fraction of sp³-hybridized carbons (Fsp3) is 0.250. The van der Waals surface area contributed by atoms with E-state index in [9.17, 15) is 0 Å². The summed E-state index contributed by atoms with van der Waals surface area (Å²) >= 11 is 7.53. The normalized spacial score (nSPS) is 10.9. The van der Waals surface area contributed by atoms with Crippen molar-refractivity contribution in [2.24, 2.45) is 5.16 Å². The summed E-state index contributed by atoms with van der Waals surface area (Å²) in [4.78, 5) is 3.96. The summed E-state index contributed by atoms with van der Waals surface area (Å²) in [5.74, 6) is 0.801. The smallest absolute Gasteiger partial charge is 0.0753 e. The molecule has 0 saturated heterocycles. The van der Waals surface area contributed by atoms with Gasteiger partial charge in [0.1, 0.15) is 0 Å². The highest BCUT2D eigenvalue weighted by Gasteiger charge is 2.04. The average Bonchev–Trinajstić information content (AvgIpc) is 2.11. The van der Waals surface area contributed by atoms with Crippen LogP contribution in [0.25, 0.3) is 0 Å². The van der Waals surface area contributed by atoms with Crippen molar-refractivity contribution in [1.82, 2.24) is 4.98 Å². The number of nitrogens with zero attached hydrogens (tertiary/aromatic N) is 2. The predicted octanol–water partition coefficient (Wildman–Crippen LogP) is 2.41. The first kappa shape index (κ1) is 10.3. The Morgan fingerprint density at radius 2 is 2.46 bits per heavy atom. The predicted molar refractivity (Wildman–Crippen MR) is 55.8 cm³/mol. The molecular formula is C8H9ClN2OS. The Balaban J connectivity index is 3.09. The van der Waals surface area contributed by atoms with Gasteiger partial charge in [-0.25, -0.2) is 0 Å². The molecule has 0 fully saturated rings. The van der Waals surface area contributed by atoms with E-state index in [-0.39, 0.29) is 0 Å². The molecular weight excluding hydrogens is 208 g/mol. The lowest BCUT2D eigenvalue weighted by Crippen LogP contribution is -1.94. The Hall–Kier alpha value is -0.740. The average molecular weight is 217 g/mol. The van der Waals surface area contributed by atoms with Crippen LogP contribution in [0.4, 0.5) is 0 Å². The maximum Gasteiger partial charge on any atom is 0.0753 e. The summed E-state index contributed by atoms with van der Waals surface area (Å²) in [7, 11) is 0. The summed E-state index contributed by atoms with van der Waals surface area (Å²) < 4.78 is 0. The van der Waals surface area contributed by atoms with Gasteiger partial charge in [0.2, 0.25) is 0 Å². The van der Waals surface area contributed by atoms with Crippen molar-refractivity contribution in [2.45, 2.75) is 5.75 Å². The van der Waals surface area contributed by atoms with Crippen molar-refractivity contribution in [3.05, 3.63) is 28.5 Å². The fourth-order valence-corrected chi connectivity index (χ4v) is 1.73. The van der Waals surface area contributed by atoms with Gasteiger partial charge in [-0.1, -0.05) is 16.8 Å². The van der Waals surface area contributed by atoms with Gasteiger partial charge in [-0.2, -0.15) is 11.8 Å². The van der Waals surface area contributed by atoms with E-state index in [1.807, 2.05) is 6.26 Å². The molecule has 0 amide bonds. The molecule has 1 rings (SSSR count). The zero-order valence-electron chi connectivity index (χ0n) is 7.07. The fourth-order valence-electron chi connectivity index (χ4n) is 0.958. The minimum Gasteiger partial charge on any atom is -0.411 e. The summed E-state index contributed by atoms with van der Waals surface area (Å²) in [5.41, 5.74) is 1.70. The quantitative estimate of drug-likeness (QED) is 0.480. The number of pyridine rings is 1. The molecule has 0 aliphatic heterocycles. The molecule has 3 nitrogen and oxygen atoms in total. The SMILES string of the molecule is CSCc1cncc(Cl)c1/C=N/O. The summed E-state index contributed by atoms with van der Waals surface area (Å²) in [6.45, 7) is 0. The van der Waals surface area contributed by atoms with Gasteiger partial charge in [0, 0.05) is 23.7 Å². The molecule has 70 valence electrons. The molecule has 1 heterocycles. The van der Waals surface area contributed by atoms with Crippen LogP contribution in [0.15, 0.2) is 17.5 Å². The van der Waals surface area contributed by atoms with Crippen molar-refractivity contribution < 1.29 is 5.21 Å². The largest absolute Gasteiger partial charge is 0.411 e. The number of thioether (sulfide) groups is 1. The highest BCUT2D eigenvalue weighted by atomic mass is 35.5. The van der Waals surface area contributed by atoms with Crippen LogP contribution in [0, 0.1) is 0 Å². The number of halogens is 1. The van der Waals surface area contributed by atoms with E-state index < -0.39 is 0 Å². The zero-order valence-corrected chi connectivity index (χ0v) is 8.64. The van der Waals surface area contributed by atoms with Crippen LogP contribution in [-0.4, -0.2) is 22.7 Å². The van der Waals surface area contributed by atoms with Crippen LogP contribution in [0.2, 0.25) is 5.02 Å². The van der Waals surface area contributed by atoms with Crippen molar-refractivity contribution in [1.29, 1.82) is 0 Å². The Bertz CT molecular complexity index is 317. The van der Waals surface area contributed by atoms with Crippen LogP contribution in [-0.2, 0) is 5.75 Å². The van der Waals surface area contributed by atoms with Crippen molar-refractivity contribution >= 4 is 29.6 Å². The molecule has 0 atom stereocenters. The molecule has 1 N–H and O–H groups in total. The zero-order chi connectivity index (χ0) is 9.68. The minimum absolute atomic E-state index is 0.504. The lowest BCUT2D eigenvalue weighted by Gasteiger charge is -2.03. The third kappa shape index (κ3) is 2.60. The van der Waals surface area contributed by atoms with Crippen molar-refractivity contribution in [2.75, 3.05) is 6.26 Å². The van der Waals surface area contributed by atoms with Crippen molar-refractivity contribution in [3.8, 4) is 0 Å². The Morgan fingerprint density at radius 3 is 3.08 bits per heavy atom. The van der Waals surface area contributed by atoms with E-state index in [4.69, 9.17) is 16.8 Å². The maximum atomic E-state index is 8.42. The monoisotopic (exact) mass is 216 g/mol. The van der Waals surface area contributed by atoms with E-state index in [0.717, 1.165) is 16.9 Å². The Morgan fingerprint density at radius 1 is 1.69 bits per heavy atom. The Kier molecular flexibility index (Phi) is 4.05. The van der Waals surface area contributed by atoms with Gasteiger partial charge in [-0.15, -0.1) is 0 Å². The standard InChI is InChI=1S/C8H9ClN2OS/c1-13-5-6-2-10-4-8(9)7(6)3-11-12/h2-4,12H,5H2,1H3/b11-3+. The molecule has 0 bridgehead atoms. The van der Waals surface area contributed by atoms with Gasteiger partial charge in [0.25, 0.3) is 0 Å². The van der Waals surface area contributed by atoms with E-state index in [2.05, 4.69) is 10.1 Å². The highest BCUT2D eigenvalue weighted by Crippen LogP contribution is 2.19. The number of aromatic nitrogens is 1. The first-order valence-corrected chi connectivity index (χ1v) is 5.35. The second kappa shape index (κ2) is 5.09. The summed E-state index contributed by atoms with van der Waals surface area (Å²) in [6, 6.07) is 0. The van der Waals surface area contributed by atoms with Crippen LogP contribution in [0.3, 0.4) is 0 Å². The summed E-state index contributed by atoms with van der Waals surface area (Å²) in [6.07, 6.45) is 6.57. The molecule has 0 saturated carbocycles. The molecule has 0 aliphatic carbocycles. The Labute approximate surface area is 85.8 Å². The lowest BCUT2D eigenvalue weighted by atomic mass is 10.2. The van der Waals surface area contributed by atoms with Gasteiger partial charge in [-0.05, 0) is 11.8 Å². The molecule has 0 spiro atoms. The number of oxime groups is 1. The van der Waals surface area contributed by atoms with E-state index in [0.29, 0.717) is 5.02 Å². The van der Waals surface area contributed by atoms with Crippen LogP contribution in [0.1, 0.15) is 11.1 Å². The second-order valence-electron chi connectivity index (χ2n) is 2.37. The lowest BCUT2D eigenvalue weighted by molar-refractivity contribution is 0.322. The van der Waals surface area contributed by atoms with Gasteiger partial charge >= 0.3 is 0 Å². The molecule has 1 aromatic heterocycles. The molecule has 5 heteroatoms. The van der Waals surface area contributed by atoms with E-state index in [1.165, 1.54) is 12.4 Å².